The van der Waals surface area contributed by atoms with Crippen molar-refractivity contribution >= 4 is 11.1 Å². The molecule has 2 heterocycles. The van der Waals surface area contributed by atoms with E-state index in [-0.39, 0.29) is 17.2 Å². The molecule has 3 aromatic rings. The van der Waals surface area contributed by atoms with Gasteiger partial charge >= 0.3 is 0 Å². The van der Waals surface area contributed by atoms with Crippen LogP contribution in [0.2, 0.25) is 0 Å². The van der Waals surface area contributed by atoms with Crippen molar-refractivity contribution in [1.82, 2.24) is 10.1 Å². The fraction of sp³-hybridized carbons (Fsp3) is 0.294. The molecule has 23 heavy (non-hydrogen) atoms. The Kier molecular flexibility index (Phi) is 3.25. The van der Waals surface area contributed by atoms with E-state index < -0.39 is 6.43 Å². The van der Waals surface area contributed by atoms with Crippen molar-refractivity contribution in [3.05, 3.63) is 41.6 Å². The Morgan fingerprint density at radius 3 is 2.74 bits per heavy atom. The van der Waals surface area contributed by atoms with Gasteiger partial charge in [-0.2, -0.15) is 0 Å². The lowest BCUT2D eigenvalue weighted by atomic mass is 10.0. The molecule has 1 fully saturated rings. The fourth-order valence-corrected chi connectivity index (χ4v) is 2.80. The van der Waals surface area contributed by atoms with E-state index in [1.54, 1.807) is 12.1 Å². The Hall–Kier alpha value is -2.50. The van der Waals surface area contributed by atoms with Gasteiger partial charge in [-0.3, -0.25) is 0 Å². The molecule has 6 heteroatoms. The lowest BCUT2D eigenvalue weighted by Crippen LogP contribution is -1.95. The molecule has 118 valence electrons. The summed E-state index contributed by atoms with van der Waals surface area (Å²) in [6.07, 6.45) is -0.706. The number of para-hydroxylation sites is 1. The number of nitrogens with zero attached hydrogens (tertiary/aromatic N) is 2. The van der Waals surface area contributed by atoms with E-state index in [1.807, 2.05) is 12.1 Å². The first kappa shape index (κ1) is 14.1. The van der Waals surface area contributed by atoms with Gasteiger partial charge in [-0.25, -0.2) is 13.8 Å². The molecule has 1 aliphatic carbocycles. The number of hydrogen-bond acceptors (Lipinski definition) is 4. The highest BCUT2D eigenvalue weighted by Crippen LogP contribution is 2.45. The van der Waals surface area contributed by atoms with Gasteiger partial charge in [0.05, 0.1) is 23.9 Å². The first-order chi connectivity index (χ1) is 11.2. The molecule has 0 radical (unpaired) electrons. The number of fused-ring (bicyclic) bond motifs is 1. The standard InChI is InChI=1S/C17H14F2N2O2/c1-22-13-5-3-2-4-10(13)12-8-11(16(18)19)14-15(9-6-7-9)21-23-17(14)20-12/h2-5,8-9,16H,6-7H2,1H3. The normalized spacial score (nSPS) is 14.6. The summed E-state index contributed by atoms with van der Waals surface area (Å²) in [7, 11) is 1.53. The zero-order chi connectivity index (χ0) is 16.0. The first-order valence-electron chi connectivity index (χ1n) is 7.40. The van der Waals surface area contributed by atoms with Gasteiger partial charge in [0, 0.05) is 17.0 Å². The summed E-state index contributed by atoms with van der Waals surface area (Å²) in [5, 5.41) is 4.34. The second kappa shape index (κ2) is 5.30. The number of benzene rings is 1. The quantitative estimate of drug-likeness (QED) is 0.699. The van der Waals surface area contributed by atoms with E-state index in [0.29, 0.717) is 28.1 Å². The van der Waals surface area contributed by atoms with Gasteiger partial charge in [0.2, 0.25) is 0 Å². The highest BCUT2D eigenvalue weighted by Gasteiger charge is 2.32. The number of rotatable bonds is 4. The van der Waals surface area contributed by atoms with Gasteiger partial charge in [-0.05, 0) is 31.0 Å². The molecule has 0 N–H and O–H groups in total. The summed E-state index contributed by atoms with van der Waals surface area (Å²) < 4.78 is 37.7. The molecule has 1 saturated carbocycles. The van der Waals surface area contributed by atoms with Crippen LogP contribution in [0.15, 0.2) is 34.9 Å². The molecule has 0 saturated heterocycles. The first-order valence-corrected chi connectivity index (χ1v) is 7.40. The molecule has 0 atom stereocenters. The molecular weight excluding hydrogens is 302 g/mol. The van der Waals surface area contributed by atoms with E-state index in [0.717, 1.165) is 12.8 Å². The number of methoxy groups -OCH3 is 1. The molecule has 0 spiro atoms. The molecular formula is C17H14F2N2O2. The van der Waals surface area contributed by atoms with Crippen LogP contribution >= 0.6 is 0 Å². The van der Waals surface area contributed by atoms with Gasteiger partial charge < -0.3 is 9.26 Å². The molecule has 4 rings (SSSR count). The minimum atomic E-state index is -2.62. The lowest BCUT2D eigenvalue weighted by Gasteiger charge is -2.09. The van der Waals surface area contributed by atoms with E-state index in [2.05, 4.69) is 10.1 Å². The van der Waals surface area contributed by atoms with Gasteiger partial charge in [-0.15, -0.1) is 0 Å². The third-order valence-electron chi connectivity index (χ3n) is 4.09. The molecule has 0 aliphatic heterocycles. The summed E-state index contributed by atoms with van der Waals surface area (Å²) in [5.74, 6) is 0.786. The zero-order valence-corrected chi connectivity index (χ0v) is 12.4. The molecule has 0 bridgehead atoms. The maximum Gasteiger partial charge on any atom is 0.264 e. The average Bonchev–Trinajstić information content (AvgIpc) is 3.33. The summed E-state index contributed by atoms with van der Waals surface area (Å²) in [4.78, 5) is 4.39. The van der Waals surface area contributed by atoms with Crippen molar-refractivity contribution in [3.8, 4) is 17.0 Å². The minimum absolute atomic E-state index is 0.0842. The van der Waals surface area contributed by atoms with Gasteiger partial charge in [0.1, 0.15) is 5.75 Å². The Balaban J connectivity index is 1.95. The van der Waals surface area contributed by atoms with Crippen molar-refractivity contribution in [2.75, 3.05) is 7.11 Å². The number of aromatic nitrogens is 2. The summed E-state index contributed by atoms with van der Waals surface area (Å²) in [5.41, 5.74) is 1.71. The minimum Gasteiger partial charge on any atom is -0.496 e. The summed E-state index contributed by atoms with van der Waals surface area (Å²) in [6.45, 7) is 0. The summed E-state index contributed by atoms with van der Waals surface area (Å²) >= 11 is 0. The summed E-state index contributed by atoms with van der Waals surface area (Å²) in [6, 6.07) is 8.57. The molecule has 1 aliphatic rings. The number of alkyl halides is 2. The van der Waals surface area contributed by atoms with Crippen LogP contribution in [0.4, 0.5) is 8.78 Å². The Labute approximate surface area is 131 Å². The van der Waals surface area contributed by atoms with E-state index in [1.165, 1.54) is 13.2 Å². The Bertz CT molecular complexity index is 872. The van der Waals surface area contributed by atoms with E-state index >= 15 is 0 Å². The van der Waals surface area contributed by atoms with Crippen LogP contribution in [-0.4, -0.2) is 17.3 Å². The zero-order valence-electron chi connectivity index (χ0n) is 12.4. The number of ether oxygens (including phenoxy) is 1. The predicted molar refractivity (Wildman–Crippen MR) is 80.7 cm³/mol. The Morgan fingerprint density at radius 1 is 1.26 bits per heavy atom. The van der Waals surface area contributed by atoms with E-state index in [9.17, 15) is 8.78 Å². The molecule has 4 nitrogen and oxygen atoms in total. The fourth-order valence-electron chi connectivity index (χ4n) is 2.80. The number of pyridine rings is 1. The highest BCUT2D eigenvalue weighted by atomic mass is 19.3. The smallest absolute Gasteiger partial charge is 0.264 e. The third-order valence-corrected chi connectivity index (χ3v) is 4.09. The molecule has 0 amide bonds. The van der Waals surface area contributed by atoms with Crippen molar-refractivity contribution in [2.24, 2.45) is 0 Å². The third kappa shape index (κ3) is 2.34. The molecule has 2 aromatic heterocycles. The van der Waals surface area contributed by atoms with Crippen molar-refractivity contribution in [3.63, 3.8) is 0 Å². The lowest BCUT2D eigenvalue weighted by molar-refractivity contribution is 0.153. The monoisotopic (exact) mass is 316 g/mol. The SMILES string of the molecule is COc1ccccc1-c1cc(C(F)F)c2c(C3CC3)noc2n1. The second-order valence-corrected chi connectivity index (χ2v) is 5.62. The van der Waals surface area contributed by atoms with Gasteiger partial charge in [-0.1, -0.05) is 17.3 Å². The predicted octanol–water partition coefficient (Wildman–Crippen LogP) is 4.71. The largest absolute Gasteiger partial charge is 0.496 e. The van der Waals surface area contributed by atoms with Crippen molar-refractivity contribution in [1.29, 1.82) is 0 Å². The average molecular weight is 316 g/mol. The highest BCUT2D eigenvalue weighted by molar-refractivity contribution is 5.85. The number of hydrogen-bond donors (Lipinski definition) is 0. The van der Waals surface area contributed by atoms with Crippen molar-refractivity contribution < 1.29 is 18.0 Å². The Morgan fingerprint density at radius 2 is 2.04 bits per heavy atom. The van der Waals surface area contributed by atoms with Crippen molar-refractivity contribution in [2.45, 2.75) is 25.2 Å². The van der Waals surface area contributed by atoms with Crippen LogP contribution in [-0.2, 0) is 0 Å². The second-order valence-electron chi connectivity index (χ2n) is 5.62. The van der Waals surface area contributed by atoms with Crippen LogP contribution in [0.3, 0.4) is 0 Å². The molecule has 0 unspecified atom stereocenters. The van der Waals surface area contributed by atoms with Crippen LogP contribution in [0.1, 0.15) is 36.4 Å². The topological polar surface area (TPSA) is 48.2 Å². The number of halogens is 2. The molecule has 1 aromatic carbocycles. The van der Waals surface area contributed by atoms with Gasteiger partial charge in [0.25, 0.3) is 12.1 Å². The van der Waals surface area contributed by atoms with Crippen LogP contribution < -0.4 is 4.74 Å². The van der Waals surface area contributed by atoms with E-state index in [4.69, 9.17) is 9.26 Å². The van der Waals surface area contributed by atoms with Crippen LogP contribution in [0, 0.1) is 0 Å². The van der Waals surface area contributed by atoms with Crippen LogP contribution in [0.25, 0.3) is 22.4 Å². The maximum atomic E-state index is 13.6. The van der Waals surface area contributed by atoms with Gasteiger partial charge in [0.15, 0.2) is 0 Å². The maximum absolute atomic E-state index is 13.6. The van der Waals surface area contributed by atoms with Crippen LogP contribution in [0.5, 0.6) is 5.75 Å².